The molecule has 0 spiro atoms. The number of fused-ring (bicyclic) bond motifs is 1. The summed E-state index contributed by atoms with van der Waals surface area (Å²) in [4.78, 5) is 17.9. The number of anilines is 1. The molecule has 2 heterocycles. The molecule has 1 aliphatic heterocycles. The Morgan fingerprint density at radius 3 is 2.62 bits per heavy atom. The van der Waals surface area contributed by atoms with Crippen molar-refractivity contribution in [2.24, 2.45) is 11.8 Å². The molecule has 0 bridgehead atoms. The number of pyridine rings is 1. The van der Waals surface area contributed by atoms with Gasteiger partial charge >= 0.3 is 0 Å². The van der Waals surface area contributed by atoms with E-state index >= 15 is 0 Å². The molecule has 0 radical (unpaired) electrons. The highest BCUT2D eigenvalue weighted by Crippen LogP contribution is 2.36. The van der Waals surface area contributed by atoms with Gasteiger partial charge in [-0.1, -0.05) is 23.8 Å². The molecule has 39 heavy (non-hydrogen) atoms. The number of aromatic nitrogens is 1. The van der Waals surface area contributed by atoms with Crippen molar-refractivity contribution >= 4 is 21.7 Å². The Morgan fingerprint density at radius 1 is 1.15 bits per heavy atom. The Bertz CT molecular complexity index is 1240. The predicted octanol–water partition coefficient (Wildman–Crippen LogP) is 3.41. The first-order chi connectivity index (χ1) is 18.7. The molecule has 214 valence electrons. The lowest BCUT2D eigenvalue weighted by molar-refractivity contribution is -0.129. The number of amides is 1. The number of hydrogen-bond donors (Lipinski definition) is 3. The molecule has 2 aliphatic rings. The minimum absolute atomic E-state index is 0.0528. The van der Waals surface area contributed by atoms with Gasteiger partial charge < -0.3 is 20.1 Å². The van der Waals surface area contributed by atoms with Crippen molar-refractivity contribution in [2.75, 3.05) is 38.4 Å². The molecule has 4 rings (SSSR count). The van der Waals surface area contributed by atoms with Crippen molar-refractivity contribution in [3.63, 3.8) is 0 Å². The number of hydrogen-bond acceptors (Lipinski definition) is 7. The van der Waals surface area contributed by atoms with Crippen molar-refractivity contribution in [1.29, 1.82) is 0 Å². The van der Waals surface area contributed by atoms with Gasteiger partial charge in [0.1, 0.15) is 12.6 Å². The fourth-order valence-corrected chi connectivity index (χ4v) is 7.27. The van der Waals surface area contributed by atoms with Crippen LogP contribution in [0.25, 0.3) is 0 Å². The number of nitrogens with zero attached hydrogens (tertiary/aromatic N) is 1. The van der Waals surface area contributed by atoms with E-state index in [0.29, 0.717) is 23.7 Å². The Kier molecular flexibility index (Phi) is 9.98. The fraction of sp³-hybridized carbons (Fsp3) is 0.586. The number of nitrogens with one attached hydrogen (secondary N) is 3. The van der Waals surface area contributed by atoms with E-state index in [4.69, 9.17) is 14.5 Å². The molecule has 0 unspecified atom stereocenters. The zero-order chi connectivity index (χ0) is 28.0. The topological polar surface area (TPSA) is 119 Å². The van der Waals surface area contributed by atoms with Gasteiger partial charge in [-0.2, -0.15) is 0 Å². The summed E-state index contributed by atoms with van der Waals surface area (Å²) in [5, 5.41) is 6.33. The zero-order valence-corrected chi connectivity index (χ0v) is 24.3. The maximum atomic E-state index is 13.3. The minimum Gasteiger partial charge on any atom is -0.370 e. The summed E-state index contributed by atoms with van der Waals surface area (Å²) in [6.07, 6.45) is 4.68. The van der Waals surface area contributed by atoms with Gasteiger partial charge in [-0.15, -0.1) is 0 Å². The van der Waals surface area contributed by atoms with Crippen LogP contribution in [-0.2, 0) is 37.1 Å². The van der Waals surface area contributed by atoms with E-state index in [1.54, 1.807) is 13.8 Å². The van der Waals surface area contributed by atoms with E-state index in [2.05, 4.69) is 27.5 Å². The molecule has 1 fully saturated rings. The normalized spacial score (nSPS) is 19.5. The minimum atomic E-state index is -3.82. The van der Waals surface area contributed by atoms with Crippen LogP contribution in [0.1, 0.15) is 54.1 Å². The molecule has 3 N–H and O–H groups in total. The van der Waals surface area contributed by atoms with Crippen LogP contribution in [0, 0.1) is 32.6 Å². The van der Waals surface area contributed by atoms with Crippen LogP contribution in [0.4, 0.5) is 5.82 Å². The van der Waals surface area contributed by atoms with Gasteiger partial charge in [0.15, 0.2) is 0 Å². The molecule has 2 aromatic rings. The molecule has 1 saturated carbocycles. The number of sulfonamides is 1. The monoisotopic (exact) mass is 558 g/mol. The lowest BCUT2D eigenvalue weighted by Crippen LogP contribution is -2.49. The van der Waals surface area contributed by atoms with Gasteiger partial charge in [-0.05, 0) is 88.5 Å². The number of carbonyl (C=O) groups is 1. The summed E-state index contributed by atoms with van der Waals surface area (Å²) in [7, 11) is -3.82. The fourth-order valence-electron chi connectivity index (χ4n) is 5.60. The number of carbonyl (C=O) groups excluding carboxylic acids is 1. The summed E-state index contributed by atoms with van der Waals surface area (Å²) < 4.78 is 40.2. The number of ether oxygens (including phenoxy) is 2. The maximum absolute atomic E-state index is 13.3. The third-order valence-corrected chi connectivity index (χ3v) is 9.29. The Labute approximate surface area is 232 Å². The first-order valence-electron chi connectivity index (χ1n) is 13.9. The Hall–Kier alpha value is -2.53. The third kappa shape index (κ3) is 7.78. The van der Waals surface area contributed by atoms with Crippen molar-refractivity contribution in [3.05, 3.63) is 52.2 Å². The largest absolute Gasteiger partial charge is 0.370 e. The van der Waals surface area contributed by atoms with E-state index in [-0.39, 0.29) is 36.7 Å². The third-order valence-electron chi connectivity index (χ3n) is 7.46. The molecule has 1 aromatic heterocycles. The highest BCUT2D eigenvalue weighted by atomic mass is 32.2. The van der Waals surface area contributed by atoms with Gasteiger partial charge in [0.2, 0.25) is 15.9 Å². The van der Waals surface area contributed by atoms with Crippen LogP contribution < -0.4 is 15.4 Å². The summed E-state index contributed by atoms with van der Waals surface area (Å²) in [6.45, 7) is 9.11. The second-order valence-electron chi connectivity index (χ2n) is 10.9. The Balaban J connectivity index is 1.31. The number of aryl methyl sites for hydroxylation is 4. The van der Waals surface area contributed by atoms with E-state index in [0.717, 1.165) is 55.7 Å². The van der Waals surface area contributed by atoms with Crippen LogP contribution in [0.2, 0.25) is 0 Å². The van der Waals surface area contributed by atoms with Gasteiger partial charge in [0.25, 0.3) is 0 Å². The molecule has 9 nitrogen and oxygen atoms in total. The lowest BCUT2D eigenvalue weighted by atomic mass is 9.72. The zero-order valence-electron chi connectivity index (χ0n) is 23.5. The van der Waals surface area contributed by atoms with E-state index in [1.807, 2.05) is 26.0 Å². The van der Waals surface area contributed by atoms with E-state index in [9.17, 15) is 13.2 Å². The van der Waals surface area contributed by atoms with E-state index < -0.39 is 16.1 Å². The number of rotatable bonds is 13. The first kappa shape index (κ1) is 29.5. The number of benzene rings is 1. The lowest BCUT2D eigenvalue weighted by Gasteiger charge is -2.34. The van der Waals surface area contributed by atoms with Gasteiger partial charge in [-0.25, -0.2) is 18.1 Å². The summed E-state index contributed by atoms with van der Waals surface area (Å²) in [5.74, 6) is 1.30. The van der Waals surface area contributed by atoms with Gasteiger partial charge in [-0.3, -0.25) is 4.79 Å². The highest BCUT2D eigenvalue weighted by molar-refractivity contribution is 7.89. The average Bonchev–Trinajstić information content (AvgIpc) is 2.85. The molecule has 10 heteroatoms. The quantitative estimate of drug-likeness (QED) is 0.255. The van der Waals surface area contributed by atoms with Crippen LogP contribution in [0.5, 0.6) is 0 Å². The second-order valence-corrected chi connectivity index (χ2v) is 12.5. The smallest absolute Gasteiger partial charge is 0.241 e. The van der Waals surface area contributed by atoms with Gasteiger partial charge in [0.05, 0.1) is 17.5 Å². The molecule has 1 amide bonds. The molecule has 1 aliphatic carbocycles. The van der Waals surface area contributed by atoms with Crippen molar-refractivity contribution in [3.8, 4) is 0 Å². The summed E-state index contributed by atoms with van der Waals surface area (Å²) >= 11 is 0. The molecule has 1 aromatic carbocycles. The first-order valence-corrected chi connectivity index (χ1v) is 15.4. The van der Waals surface area contributed by atoms with Crippen molar-refractivity contribution < 1.29 is 22.7 Å². The van der Waals surface area contributed by atoms with Gasteiger partial charge in [0, 0.05) is 31.3 Å². The molecule has 0 saturated heterocycles. The second kappa shape index (κ2) is 13.2. The molecular formula is C29H42N4O5S. The molecule has 1 atom stereocenters. The van der Waals surface area contributed by atoms with Crippen LogP contribution in [0.15, 0.2) is 29.2 Å². The predicted molar refractivity (Wildman–Crippen MR) is 151 cm³/mol. The maximum Gasteiger partial charge on any atom is 0.241 e. The van der Waals surface area contributed by atoms with Crippen LogP contribution in [-0.4, -0.2) is 58.4 Å². The van der Waals surface area contributed by atoms with Crippen molar-refractivity contribution in [2.45, 2.75) is 70.7 Å². The van der Waals surface area contributed by atoms with Crippen molar-refractivity contribution in [1.82, 2.24) is 15.0 Å². The summed E-state index contributed by atoms with van der Waals surface area (Å²) in [5.41, 5.74) is 4.71. The van der Waals surface area contributed by atoms with Crippen LogP contribution in [0.3, 0.4) is 0 Å². The van der Waals surface area contributed by atoms with E-state index in [1.165, 1.54) is 5.56 Å². The average molecular weight is 559 g/mol. The SMILES string of the molecule is CCOCOC[C@H](CNC(=O)C1CC(Cc2ccc3c(n2)NCCC3)C1)NS(=O)(=O)c1c(C)cc(C)cc1C. The summed E-state index contributed by atoms with van der Waals surface area (Å²) in [6, 6.07) is 7.35. The Morgan fingerprint density at radius 2 is 1.90 bits per heavy atom. The molecular weight excluding hydrogens is 516 g/mol. The van der Waals surface area contributed by atoms with Crippen LogP contribution >= 0.6 is 0 Å². The highest BCUT2D eigenvalue weighted by Gasteiger charge is 2.35. The standard InChI is InChI=1S/C29H42N4O5S/c1-5-37-18-38-17-26(33-39(35,36)27-20(3)11-19(2)12-21(27)4)16-31-29(34)24-13-22(14-24)15-25-9-8-23-7-6-10-30-28(23)32-25/h8-9,11-12,22,24,26,33H,5-7,10,13-18H2,1-4H3,(H,30,32)(H,31,34)/t22?,24?,26-/m0/s1.